The Kier molecular flexibility index (Phi) is 6.35. The first kappa shape index (κ1) is 22.6. The van der Waals surface area contributed by atoms with Crippen molar-refractivity contribution in [3.63, 3.8) is 0 Å². The normalized spacial score (nSPS) is 44.8. The highest BCUT2D eigenvalue weighted by Crippen LogP contribution is 2.65. The lowest BCUT2D eigenvalue weighted by Crippen LogP contribution is -2.48. The Hall–Kier alpha value is -0.560. The summed E-state index contributed by atoms with van der Waals surface area (Å²) >= 11 is 0. The fourth-order valence-corrected chi connectivity index (χ4v) is 8.65. The number of hydrogen-bond acceptors (Lipinski definition) is 1. The second-order valence-electron chi connectivity index (χ2n) is 12.5. The molecule has 2 saturated carbocycles. The highest BCUT2D eigenvalue weighted by Gasteiger charge is 2.57. The Morgan fingerprint density at radius 3 is 2.57 bits per heavy atom. The van der Waals surface area contributed by atoms with E-state index in [2.05, 4.69) is 59.8 Å². The maximum Gasteiger partial charge on any atom is 0.0577 e. The number of aliphatic hydroxyl groups is 1. The van der Waals surface area contributed by atoms with Crippen molar-refractivity contribution in [3.8, 4) is 0 Å². The molecule has 0 spiro atoms. The largest absolute Gasteiger partial charge is 0.393 e. The van der Waals surface area contributed by atoms with Crippen LogP contribution in [0.4, 0.5) is 0 Å². The summed E-state index contributed by atoms with van der Waals surface area (Å²) in [4.78, 5) is 0. The van der Waals surface area contributed by atoms with E-state index in [4.69, 9.17) is 0 Å². The summed E-state index contributed by atoms with van der Waals surface area (Å²) in [5, 5.41) is 10.2. The monoisotopic (exact) mass is 412 g/mol. The van der Waals surface area contributed by atoms with Gasteiger partial charge >= 0.3 is 0 Å². The third-order valence-electron chi connectivity index (χ3n) is 10.7. The van der Waals surface area contributed by atoms with Crippen LogP contribution in [0.5, 0.6) is 0 Å². The molecule has 1 N–H and O–H groups in total. The van der Waals surface area contributed by atoms with Crippen LogP contribution in [0.3, 0.4) is 0 Å². The predicted molar refractivity (Wildman–Crippen MR) is 128 cm³/mol. The molecule has 0 amide bonds. The summed E-state index contributed by atoms with van der Waals surface area (Å²) in [6, 6.07) is 0. The molecule has 4 rings (SSSR count). The molecular formula is C29H48O. The third-order valence-corrected chi connectivity index (χ3v) is 10.7. The molecule has 170 valence electrons. The van der Waals surface area contributed by atoms with Crippen molar-refractivity contribution in [2.45, 2.75) is 105 Å². The van der Waals surface area contributed by atoms with E-state index in [0.29, 0.717) is 16.7 Å². The maximum absolute atomic E-state index is 10.2. The van der Waals surface area contributed by atoms with E-state index in [0.717, 1.165) is 48.3 Å². The van der Waals surface area contributed by atoms with Gasteiger partial charge in [0.15, 0.2) is 0 Å². The molecule has 0 aliphatic heterocycles. The summed E-state index contributed by atoms with van der Waals surface area (Å²) in [7, 11) is 0. The summed E-state index contributed by atoms with van der Waals surface area (Å²) in [6.07, 6.45) is 19.2. The van der Waals surface area contributed by atoms with Crippen LogP contribution in [0.1, 0.15) is 99.3 Å². The second-order valence-corrected chi connectivity index (χ2v) is 12.5. The van der Waals surface area contributed by atoms with Crippen molar-refractivity contribution >= 4 is 0 Å². The number of hydrogen-bond donors (Lipinski definition) is 1. The van der Waals surface area contributed by atoms with Gasteiger partial charge in [-0.25, -0.2) is 0 Å². The van der Waals surface area contributed by atoms with Crippen molar-refractivity contribution in [3.05, 3.63) is 23.8 Å². The number of aliphatic hydroxyl groups excluding tert-OH is 1. The topological polar surface area (TPSA) is 20.2 Å². The van der Waals surface area contributed by atoms with Crippen LogP contribution in [0.25, 0.3) is 0 Å². The number of allylic oxidation sites excluding steroid dienone is 3. The van der Waals surface area contributed by atoms with E-state index in [1.54, 1.807) is 5.57 Å². The van der Waals surface area contributed by atoms with Gasteiger partial charge in [0.05, 0.1) is 6.10 Å². The minimum atomic E-state index is -0.104. The van der Waals surface area contributed by atoms with E-state index in [1.807, 2.05) is 0 Å². The highest BCUT2D eigenvalue weighted by molar-refractivity contribution is 5.30. The van der Waals surface area contributed by atoms with Crippen molar-refractivity contribution < 1.29 is 5.11 Å². The van der Waals surface area contributed by atoms with Crippen molar-refractivity contribution in [1.82, 2.24) is 0 Å². The van der Waals surface area contributed by atoms with Crippen molar-refractivity contribution in [2.75, 3.05) is 0 Å². The van der Waals surface area contributed by atoms with E-state index in [9.17, 15) is 5.11 Å². The lowest BCUT2D eigenvalue weighted by molar-refractivity contribution is 0.0179. The average Bonchev–Trinajstić information content (AvgIpc) is 3.06. The van der Waals surface area contributed by atoms with Gasteiger partial charge in [0.1, 0.15) is 0 Å². The van der Waals surface area contributed by atoms with Crippen molar-refractivity contribution in [2.24, 2.45) is 52.3 Å². The van der Waals surface area contributed by atoms with Gasteiger partial charge in [-0.15, -0.1) is 0 Å². The van der Waals surface area contributed by atoms with Crippen LogP contribution in [0.15, 0.2) is 23.8 Å². The van der Waals surface area contributed by atoms with E-state index in [-0.39, 0.29) is 6.10 Å². The van der Waals surface area contributed by atoms with E-state index < -0.39 is 0 Å². The molecule has 1 unspecified atom stereocenters. The molecule has 4 aliphatic rings. The lowest BCUT2D eigenvalue weighted by Gasteiger charge is -2.55. The minimum absolute atomic E-state index is 0.104. The SMILES string of the molecule is CC[C@H](CC[C@@H](C)[C@H]1CC[C@H]2[C@@H]3CC=C4CC(O)CC[C@]4(C)[C@H]3C=C[C@]12C)C(C)C. The summed E-state index contributed by atoms with van der Waals surface area (Å²) in [5.74, 6) is 5.78. The van der Waals surface area contributed by atoms with Gasteiger partial charge in [0.2, 0.25) is 0 Å². The molecule has 30 heavy (non-hydrogen) atoms. The van der Waals surface area contributed by atoms with E-state index >= 15 is 0 Å². The molecule has 0 aromatic heterocycles. The smallest absolute Gasteiger partial charge is 0.0577 e. The molecule has 0 radical (unpaired) electrons. The Morgan fingerprint density at radius 1 is 1.10 bits per heavy atom. The van der Waals surface area contributed by atoms with Gasteiger partial charge in [0.25, 0.3) is 0 Å². The Balaban J connectivity index is 1.51. The molecule has 0 aromatic carbocycles. The lowest BCUT2D eigenvalue weighted by atomic mass is 9.49. The van der Waals surface area contributed by atoms with Gasteiger partial charge in [-0.05, 0) is 97.2 Å². The van der Waals surface area contributed by atoms with Crippen LogP contribution < -0.4 is 0 Å². The highest BCUT2D eigenvalue weighted by atomic mass is 16.3. The minimum Gasteiger partial charge on any atom is -0.393 e. The molecule has 0 aromatic rings. The van der Waals surface area contributed by atoms with Gasteiger partial charge < -0.3 is 5.11 Å². The predicted octanol–water partition coefficient (Wildman–Crippen LogP) is 7.80. The van der Waals surface area contributed by atoms with Gasteiger partial charge in [0, 0.05) is 0 Å². The summed E-state index contributed by atoms with van der Waals surface area (Å²) < 4.78 is 0. The van der Waals surface area contributed by atoms with Crippen LogP contribution in [0, 0.1) is 52.3 Å². The number of rotatable bonds is 6. The molecule has 9 atom stereocenters. The first-order valence-corrected chi connectivity index (χ1v) is 13.3. The van der Waals surface area contributed by atoms with E-state index in [1.165, 1.54) is 44.9 Å². The second kappa shape index (κ2) is 8.42. The zero-order valence-corrected chi connectivity index (χ0v) is 20.7. The van der Waals surface area contributed by atoms with Crippen molar-refractivity contribution in [1.29, 1.82) is 0 Å². The molecule has 1 nitrogen and oxygen atoms in total. The molecule has 2 fully saturated rings. The van der Waals surface area contributed by atoms with Gasteiger partial charge in [-0.3, -0.25) is 0 Å². The van der Waals surface area contributed by atoms with Crippen LogP contribution in [0.2, 0.25) is 0 Å². The zero-order valence-electron chi connectivity index (χ0n) is 20.7. The van der Waals surface area contributed by atoms with Gasteiger partial charge in [-0.2, -0.15) is 0 Å². The molecule has 0 saturated heterocycles. The Bertz CT molecular complexity index is 674. The van der Waals surface area contributed by atoms with Crippen LogP contribution in [-0.4, -0.2) is 11.2 Å². The Labute approximate surface area is 186 Å². The fourth-order valence-electron chi connectivity index (χ4n) is 8.65. The Morgan fingerprint density at radius 2 is 1.87 bits per heavy atom. The quantitative estimate of drug-likeness (QED) is 0.441. The molecule has 4 aliphatic carbocycles. The molecule has 1 heteroatoms. The van der Waals surface area contributed by atoms with Gasteiger partial charge in [-0.1, -0.05) is 78.2 Å². The fraction of sp³-hybridized carbons (Fsp3) is 0.862. The number of fused-ring (bicyclic) bond motifs is 5. The zero-order chi connectivity index (χ0) is 21.7. The maximum atomic E-state index is 10.2. The standard InChI is InChI=1S/C29H48O/c1-7-21(19(2)3)9-8-20(4)25-12-13-26-24-11-10-22-18-23(30)14-16-28(22,5)27(24)15-17-29(25,26)6/h10,15,17,19-21,23-27,30H,7-9,11-14,16,18H2,1-6H3/t20-,21-,23?,24+,25-,26+,27+,28+,29-/m1/s1. The molecule has 0 heterocycles. The first-order valence-electron chi connectivity index (χ1n) is 13.3. The molecular weight excluding hydrogens is 364 g/mol. The first-order chi connectivity index (χ1) is 14.2. The summed E-state index contributed by atoms with van der Waals surface area (Å²) in [6.45, 7) is 14.9. The third kappa shape index (κ3) is 3.66. The summed E-state index contributed by atoms with van der Waals surface area (Å²) in [5.41, 5.74) is 2.27. The molecule has 0 bridgehead atoms. The van der Waals surface area contributed by atoms with Crippen LogP contribution >= 0.6 is 0 Å². The van der Waals surface area contributed by atoms with Crippen LogP contribution in [-0.2, 0) is 0 Å². The average molecular weight is 413 g/mol.